The first-order valence-electron chi connectivity index (χ1n) is 5.17. The molecule has 0 radical (unpaired) electrons. The van der Waals surface area contributed by atoms with Crippen LogP contribution in [0.1, 0.15) is 6.42 Å². The molecule has 0 aromatic rings. The monoisotopic (exact) mass is 229 g/mol. The minimum Gasteiger partial charge on any atom is -0.354 e. The maximum atomic E-state index is 11.6. The summed E-state index contributed by atoms with van der Waals surface area (Å²) in [6, 6.07) is -0.336. The van der Waals surface area contributed by atoms with Crippen LogP contribution in [0.3, 0.4) is 0 Å². The van der Waals surface area contributed by atoms with Gasteiger partial charge in [-0.25, -0.2) is 0 Å². The molecule has 84 valence electrons. The highest BCUT2D eigenvalue weighted by Gasteiger charge is 2.28. The van der Waals surface area contributed by atoms with Gasteiger partial charge in [-0.05, 0) is 25.4 Å². The number of carbonyl (C=O) groups excluding carboxylic acids is 2. The molecule has 6 heteroatoms. The molecule has 15 heavy (non-hydrogen) atoms. The Morgan fingerprint density at radius 3 is 3.07 bits per heavy atom. The maximum absolute atomic E-state index is 11.6. The molecular weight excluding hydrogens is 214 g/mol. The second kappa shape index (κ2) is 4.85. The van der Waals surface area contributed by atoms with Gasteiger partial charge in [0.15, 0.2) is 0 Å². The summed E-state index contributed by atoms with van der Waals surface area (Å²) >= 11 is 1.17. The second-order valence-electron chi connectivity index (χ2n) is 3.90. The van der Waals surface area contributed by atoms with Gasteiger partial charge in [-0.15, -0.1) is 0 Å². The first-order valence-corrected chi connectivity index (χ1v) is 6.16. The Kier molecular flexibility index (Phi) is 3.48. The lowest BCUT2D eigenvalue weighted by Gasteiger charge is -2.13. The van der Waals surface area contributed by atoms with Crippen molar-refractivity contribution in [3.63, 3.8) is 0 Å². The number of hydrogen-bond acceptors (Lipinski definition) is 4. The maximum Gasteiger partial charge on any atom is 0.279 e. The highest BCUT2D eigenvalue weighted by atomic mass is 32.2. The van der Waals surface area contributed by atoms with Crippen LogP contribution < -0.4 is 16.0 Å². The van der Waals surface area contributed by atoms with Crippen LogP contribution in [0, 0.1) is 5.92 Å². The van der Waals surface area contributed by atoms with E-state index in [1.54, 1.807) is 0 Å². The van der Waals surface area contributed by atoms with Crippen molar-refractivity contribution >= 4 is 22.9 Å². The van der Waals surface area contributed by atoms with Gasteiger partial charge in [0.1, 0.15) is 6.04 Å². The smallest absolute Gasteiger partial charge is 0.279 e. The van der Waals surface area contributed by atoms with E-state index in [1.165, 1.54) is 11.8 Å². The van der Waals surface area contributed by atoms with Crippen molar-refractivity contribution in [2.75, 3.05) is 25.4 Å². The van der Waals surface area contributed by atoms with E-state index in [0.29, 0.717) is 18.2 Å². The standard InChI is InChI=1S/C9H15N3O2S/c13-8(7-5-15-9(14)12-7)11-4-6-1-2-10-3-6/h6-7,10H,1-5H2,(H,11,13)(H,12,14). The van der Waals surface area contributed by atoms with E-state index in [4.69, 9.17) is 0 Å². The van der Waals surface area contributed by atoms with Crippen LogP contribution in [0.25, 0.3) is 0 Å². The van der Waals surface area contributed by atoms with Gasteiger partial charge in [-0.3, -0.25) is 9.59 Å². The molecule has 3 N–H and O–H groups in total. The number of nitrogens with one attached hydrogen (secondary N) is 3. The van der Waals surface area contributed by atoms with Crippen LogP contribution in [0.15, 0.2) is 0 Å². The van der Waals surface area contributed by atoms with Crippen LogP contribution in [0.4, 0.5) is 4.79 Å². The van der Waals surface area contributed by atoms with Crippen LogP contribution in [0.2, 0.25) is 0 Å². The molecule has 0 bridgehead atoms. The third-order valence-electron chi connectivity index (χ3n) is 2.72. The fourth-order valence-electron chi connectivity index (χ4n) is 1.78. The first-order chi connectivity index (χ1) is 7.25. The predicted molar refractivity (Wildman–Crippen MR) is 58.8 cm³/mol. The Bertz CT molecular complexity index is 266. The summed E-state index contributed by atoms with van der Waals surface area (Å²) in [5.41, 5.74) is 0. The number of amides is 2. The topological polar surface area (TPSA) is 70.2 Å². The molecule has 5 nitrogen and oxygen atoms in total. The lowest BCUT2D eigenvalue weighted by atomic mass is 10.1. The largest absolute Gasteiger partial charge is 0.354 e. The Balaban J connectivity index is 1.70. The number of carbonyl (C=O) groups is 2. The van der Waals surface area contributed by atoms with E-state index in [9.17, 15) is 9.59 Å². The summed E-state index contributed by atoms with van der Waals surface area (Å²) in [5.74, 6) is 1.03. The van der Waals surface area contributed by atoms with Crippen LogP contribution in [-0.2, 0) is 4.79 Å². The van der Waals surface area contributed by atoms with Crippen molar-refractivity contribution < 1.29 is 9.59 Å². The molecule has 0 aromatic carbocycles. The van der Waals surface area contributed by atoms with Gasteiger partial charge in [0.2, 0.25) is 5.91 Å². The summed E-state index contributed by atoms with van der Waals surface area (Å²) in [4.78, 5) is 22.5. The SMILES string of the molecule is O=C1NC(C(=O)NCC2CCNC2)CS1. The van der Waals surface area contributed by atoms with E-state index in [1.807, 2.05) is 0 Å². The van der Waals surface area contributed by atoms with Crippen molar-refractivity contribution in [2.45, 2.75) is 12.5 Å². The normalized spacial score (nSPS) is 30.3. The van der Waals surface area contributed by atoms with Crippen molar-refractivity contribution in [2.24, 2.45) is 5.92 Å². The summed E-state index contributed by atoms with van der Waals surface area (Å²) < 4.78 is 0. The van der Waals surface area contributed by atoms with E-state index in [-0.39, 0.29) is 17.2 Å². The first kappa shape index (κ1) is 10.8. The molecule has 2 atom stereocenters. The molecule has 2 aliphatic heterocycles. The third-order valence-corrected chi connectivity index (χ3v) is 3.60. The minimum atomic E-state index is -0.336. The Morgan fingerprint density at radius 2 is 2.47 bits per heavy atom. The van der Waals surface area contributed by atoms with Crippen LogP contribution in [-0.4, -0.2) is 42.6 Å². The minimum absolute atomic E-state index is 0.0553. The van der Waals surface area contributed by atoms with Gasteiger partial charge in [-0.1, -0.05) is 11.8 Å². The molecule has 2 unspecified atom stereocenters. The molecule has 2 amide bonds. The number of hydrogen-bond donors (Lipinski definition) is 3. The van der Waals surface area contributed by atoms with Crippen molar-refractivity contribution in [3.05, 3.63) is 0 Å². The fraction of sp³-hybridized carbons (Fsp3) is 0.778. The highest BCUT2D eigenvalue weighted by Crippen LogP contribution is 2.13. The average Bonchev–Trinajstić information content (AvgIpc) is 2.84. The summed E-state index contributed by atoms with van der Waals surface area (Å²) in [6.45, 7) is 2.73. The molecule has 0 aromatic heterocycles. The van der Waals surface area contributed by atoms with Crippen molar-refractivity contribution in [1.29, 1.82) is 0 Å². The molecule has 0 saturated carbocycles. The number of rotatable bonds is 3. The zero-order valence-corrected chi connectivity index (χ0v) is 9.23. The quantitative estimate of drug-likeness (QED) is 0.612. The van der Waals surface area contributed by atoms with Crippen LogP contribution in [0.5, 0.6) is 0 Å². The van der Waals surface area contributed by atoms with E-state index >= 15 is 0 Å². The zero-order valence-electron chi connectivity index (χ0n) is 8.41. The van der Waals surface area contributed by atoms with Gasteiger partial charge < -0.3 is 16.0 Å². The summed E-state index contributed by atoms with van der Waals surface area (Å²) in [5, 5.41) is 8.65. The fourth-order valence-corrected chi connectivity index (χ4v) is 2.56. The molecule has 0 aliphatic carbocycles. The molecule has 2 aliphatic rings. The second-order valence-corrected chi connectivity index (χ2v) is 4.89. The summed E-state index contributed by atoms with van der Waals surface area (Å²) in [6.07, 6.45) is 1.12. The highest BCUT2D eigenvalue weighted by molar-refractivity contribution is 8.14. The Labute approximate surface area is 92.7 Å². The lowest BCUT2D eigenvalue weighted by Crippen LogP contribution is -2.44. The molecule has 2 heterocycles. The third kappa shape index (κ3) is 2.85. The molecule has 2 fully saturated rings. The van der Waals surface area contributed by atoms with E-state index < -0.39 is 0 Å². The van der Waals surface area contributed by atoms with E-state index in [2.05, 4.69) is 16.0 Å². The van der Waals surface area contributed by atoms with Crippen LogP contribution >= 0.6 is 11.8 Å². The predicted octanol–water partition coefficient (Wildman–Crippen LogP) is -0.463. The molecular formula is C9H15N3O2S. The van der Waals surface area contributed by atoms with Gasteiger partial charge in [0.25, 0.3) is 5.24 Å². The molecule has 2 saturated heterocycles. The average molecular weight is 229 g/mol. The summed E-state index contributed by atoms with van der Waals surface area (Å²) in [7, 11) is 0. The van der Waals surface area contributed by atoms with Gasteiger partial charge in [-0.2, -0.15) is 0 Å². The van der Waals surface area contributed by atoms with Crippen molar-refractivity contribution in [3.8, 4) is 0 Å². The van der Waals surface area contributed by atoms with Gasteiger partial charge in [0, 0.05) is 12.3 Å². The Hall–Kier alpha value is -0.750. The number of thioether (sulfide) groups is 1. The van der Waals surface area contributed by atoms with Crippen molar-refractivity contribution in [1.82, 2.24) is 16.0 Å². The van der Waals surface area contributed by atoms with E-state index in [0.717, 1.165) is 19.5 Å². The van der Waals surface area contributed by atoms with Gasteiger partial charge >= 0.3 is 0 Å². The molecule has 0 spiro atoms. The Morgan fingerprint density at radius 1 is 1.60 bits per heavy atom. The van der Waals surface area contributed by atoms with Gasteiger partial charge in [0.05, 0.1) is 0 Å². The zero-order chi connectivity index (χ0) is 10.7. The lowest BCUT2D eigenvalue weighted by molar-refractivity contribution is -0.122. The molecule has 2 rings (SSSR count).